The van der Waals surface area contributed by atoms with Crippen molar-refractivity contribution in [2.24, 2.45) is 0 Å². The minimum Gasteiger partial charge on any atom is -0.452 e. The molecule has 0 aliphatic carbocycles. The third-order valence-electron chi connectivity index (χ3n) is 5.19. The van der Waals surface area contributed by atoms with E-state index in [1.165, 1.54) is 23.1 Å². The summed E-state index contributed by atoms with van der Waals surface area (Å²) >= 11 is 0. The fraction of sp³-hybridized carbons (Fsp3) is 0.304. The van der Waals surface area contributed by atoms with E-state index in [0.29, 0.717) is 12.1 Å². The summed E-state index contributed by atoms with van der Waals surface area (Å²) in [7, 11) is 0. The Balaban J connectivity index is 1.66. The van der Waals surface area contributed by atoms with Gasteiger partial charge in [-0.3, -0.25) is 19.3 Å². The second kappa shape index (κ2) is 8.90. The third kappa shape index (κ3) is 4.10. The Morgan fingerprint density at radius 3 is 2.43 bits per heavy atom. The van der Waals surface area contributed by atoms with E-state index in [2.05, 4.69) is 5.32 Å². The number of amides is 3. The first-order valence-corrected chi connectivity index (χ1v) is 9.94. The summed E-state index contributed by atoms with van der Waals surface area (Å²) in [4.78, 5) is 50.8. The van der Waals surface area contributed by atoms with Gasteiger partial charge in [0.15, 0.2) is 6.61 Å². The second-order valence-electron chi connectivity index (χ2n) is 7.13. The first-order valence-electron chi connectivity index (χ1n) is 9.94. The Morgan fingerprint density at radius 2 is 1.73 bits per heavy atom. The molecule has 3 amide bonds. The van der Waals surface area contributed by atoms with Crippen LogP contribution in [0.4, 0.5) is 5.69 Å². The molecule has 0 saturated carbocycles. The van der Waals surface area contributed by atoms with Crippen molar-refractivity contribution >= 4 is 29.4 Å². The van der Waals surface area contributed by atoms with Gasteiger partial charge in [0, 0.05) is 11.7 Å². The molecule has 1 aliphatic heterocycles. The molecule has 0 unspecified atom stereocenters. The van der Waals surface area contributed by atoms with Gasteiger partial charge < -0.3 is 10.1 Å². The normalized spacial score (nSPS) is 13.8. The van der Waals surface area contributed by atoms with E-state index in [1.807, 2.05) is 32.0 Å². The van der Waals surface area contributed by atoms with Crippen molar-refractivity contribution in [2.75, 3.05) is 11.9 Å². The van der Waals surface area contributed by atoms with Gasteiger partial charge in [-0.2, -0.15) is 0 Å². The van der Waals surface area contributed by atoms with Crippen molar-refractivity contribution in [3.05, 3.63) is 64.7 Å². The van der Waals surface area contributed by atoms with Crippen molar-refractivity contribution in [1.82, 2.24) is 4.90 Å². The molecule has 0 radical (unpaired) electrons. The molecule has 2 aromatic carbocycles. The number of carbonyl (C=O) groups is 4. The molecule has 0 bridgehead atoms. The molecule has 0 fully saturated rings. The molecule has 0 saturated heterocycles. The summed E-state index contributed by atoms with van der Waals surface area (Å²) in [6, 6.07) is 11.4. The second-order valence-corrected chi connectivity index (χ2v) is 7.13. The van der Waals surface area contributed by atoms with Crippen LogP contribution >= 0.6 is 0 Å². The number of aryl methyl sites for hydroxylation is 1. The Kier molecular flexibility index (Phi) is 6.30. The van der Waals surface area contributed by atoms with Crippen LogP contribution in [0.5, 0.6) is 0 Å². The number of nitrogens with one attached hydrogen (secondary N) is 1. The van der Waals surface area contributed by atoms with Gasteiger partial charge in [-0.1, -0.05) is 32.0 Å². The number of rotatable bonds is 7. The molecule has 1 heterocycles. The third-order valence-corrected chi connectivity index (χ3v) is 5.19. The molecule has 1 atom stereocenters. The number of hydrogen-bond acceptors (Lipinski definition) is 5. The Hall–Kier alpha value is -3.48. The zero-order valence-corrected chi connectivity index (χ0v) is 17.2. The lowest BCUT2D eigenvalue weighted by Crippen LogP contribution is -2.37. The highest BCUT2D eigenvalue weighted by molar-refractivity contribution is 6.22. The maximum absolute atomic E-state index is 12.6. The number of para-hydroxylation sites is 1. The Morgan fingerprint density at radius 1 is 1.03 bits per heavy atom. The van der Waals surface area contributed by atoms with E-state index in [4.69, 9.17) is 4.74 Å². The standard InChI is InChI=1S/C23H24N2O5/c1-4-14(3)25-21(27)17-11-10-16(12-18(17)22(25)28)23(29)30-13-20(26)24-19-9-7-6-8-15(19)5-2/h6-12,14H,4-5,13H2,1-3H3,(H,24,26)/t14-/m1/s1. The van der Waals surface area contributed by atoms with Gasteiger partial charge in [0.1, 0.15) is 0 Å². The lowest BCUT2D eigenvalue weighted by atomic mass is 10.1. The number of benzene rings is 2. The molecule has 7 nitrogen and oxygen atoms in total. The number of imide groups is 1. The summed E-state index contributed by atoms with van der Waals surface area (Å²) in [6.45, 7) is 5.21. The van der Waals surface area contributed by atoms with Gasteiger partial charge in [0.05, 0.1) is 16.7 Å². The average Bonchev–Trinajstić information content (AvgIpc) is 3.01. The highest BCUT2D eigenvalue weighted by Gasteiger charge is 2.38. The van der Waals surface area contributed by atoms with Crippen LogP contribution in [0.25, 0.3) is 0 Å². The lowest BCUT2D eigenvalue weighted by Gasteiger charge is -2.20. The van der Waals surface area contributed by atoms with E-state index in [0.717, 1.165) is 12.0 Å². The molecule has 0 aromatic heterocycles. The Labute approximate surface area is 175 Å². The SMILES string of the molecule is CCc1ccccc1NC(=O)COC(=O)c1ccc2c(c1)C(=O)N([C@H](C)CC)C2=O. The first-order chi connectivity index (χ1) is 14.4. The highest BCUT2D eigenvalue weighted by atomic mass is 16.5. The van der Waals surface area contributed by atoms with Crippen LogP contribution in [0.1, 0.15) is 63.8 Å². The number of carbonyl (C=O) groups excluding carboxylic acids is 4. The van der Waals surface area contributed by atoms with Crippen LogP contribution in [0.2, 0.25) is 0 Å². The minimum absolute atomic E-state index is 0.114. The van der Waals surface area contributed by atoms with E-state index in [-0.39, 0.29) is 28.6 Å². The van der Waals surface area contributed by atoms with E-state index >= 15 is 0 Å². The van der Waals surface area contributed by atoms with Gasteiger partial charge in [-0.15, -0.1) is 0 Å². The number of ether oxygens (including phenoxy) is 1. The van der Waals surface area contributed by atoms with Gasteiger partial charge in [-0.25, -0.2) is 4.79 Å². The van der Waals surface area contributed by atoms with Crippen molar-refractivity contribution in [2.45, 2.75) is 39.7 Å². The zero-order chi connectivity index (χ0) is 21.8. The van der Waals surface area contributed by atoms with Crippen molar-refractivity contribution in [3.8, 4) is 0 Å². The maximum atomic E-state index is 12.6. The molecular formula is C23H24N2O5. The summed E-state index contributed by atoms with van der Waals surface area (Å²) in [5, 5.41) is 2.73. The molecular weight excluding hydrogens is 384 g/mol. The quantitative estimate of drug-likeness (QED) is 0.560. The molecule has 0 spiro atoms. The highest BCUT2D eigenvalue weighted by Crippen LogP contribution is 2.27. The predicted molar refractivity (Wildman–Crippen MR) is 111 cm³/mol. The van der Waals surface area contributed by atoms with Crippen LogP contribution < -0.4 is 5.32 Å². The van der Waals surface area contributed by atoms with Crippen LogP contribution in [-0.2, 0) is 16.0 Å². The summed E-state index contributed by atoms with van der Waals surface area (Å²) in [6.07, 6.45) is 1.39. The molecule has 3 rings (SSSR count). The fourth-order valence-electron chi connectivity index (χ4n) is 3.32. The smallest absolute Gasteiger partial charge is 0.338 e. The van der Waals surface area contributed by atoms with Gasteiger partial charge in [-0.05, 0) is 49.6 Å². The molecule has 1 aliphatic rings. The topological polar surface area (TPSA) is 92.8 Å². The number of esters is 1. The summed E-state index contributed by atoms with van der Waals surface area (Å²) < 4.78 is 5.09. The number of nitrogens with zero attached hydrogens (tertiary/aromatic N) is 1. The van der Waals surface area contributed by atoms with Crippen molar-refractivity contribution in [3.63, 3.8) is 0 Å². The van der Waals surface area contributed by atoms with E-state index in [1.54, 1.807) is 13.0 Å². The number of anilines is 1. The van der Waals surface area contributed by atoms with Crippen molar-refractivity contribution in [1.29, 1.82) is 0 Å². The van der Waals surface area contributed by atoms with Crippen LogP contribution in [0, 0.1) is 0 Å². The first kappa shape index (κ1) is 21.2. The summed E-state index contributed by atoms with van der Waals surface area (Å²) in [5.41, 5.74) is 2.21. The van der Waals surface area contributed by atoms with Gasteiger partial charge in [0.2, 0.25) is 0 Å². The molecule has 2 aromatic rings. The van der Waals surface area contributed by atoms with Crippen molar-refractivity contribution < 1.29 is 23.9 Å². The Bertz CT molecular complexity index is 1010. The molecule has 30 heavy (non-hydrogen) atoms. The molecule has 1 N–H and O–H groups in total. The van der Waals surface area contributed by atoms with E-state index < -0.39 is 24.4 Å². The summed E-state index contributed by atoms with van der Waals surface area (Å²) in [5.74, 6) is -1.98. The number of fused-ring (bicyclic) bond motifs is 1. The van der Waals surface area contributed by atoms with Gasteiger partial charge in [0.25, 0.3) is 17.7 Å². The predicted octanol–water partition coefficient (Wildman–Crippen LogP) is 3.44. The lowest BCUT2D eigenvalue weighted by molar-refractivity contribution is -0.119. The average molecular weight is 408 g/mol. The van der Waals surface area contributed by atoms with Crippen LogP contribution in [0.15, 0.2) is 42.5 Å². The largest absolute Gasteiger partial charge is 0.452 e. The monoisotopic (exact) mass is 408 g/mol. The molecule has 7 heteroatoms. The number of hydrogen-bond donors (Lipinski definition) is 1. The van der Waals surface area contributed by atoms with Crippen LogP contribution in [0.3, 0.4) is 0 Å². The minimum atomic E-state index is -0.737. The van der Waals surface area contributed by atoms with Gasteiger partial charge >= 0.3 is 5.97 Å². The van der Waals surface area contributed by atoms with E-state index in [9.17, 15) is 19.2 Å². The van der Waals surface area contributed by atoms with Crippen LogP contribution in [-0.4, -0.2) is 41.2 Å². The maximum Gasteiger partial charge on any atom is 0.338 e. The zero-order valence-electron chi connectivity index (χ0n) is 17.2. The molecule has 156 valence electrons. The fourth-order valence-corrected chi connectivity index (χ4v) is 3.32.